The molecule has 122 valence electrons. The molecular formula is C19H20N4O. The lowest BCUT2D eigenvalue weighted by atomic mass is 10.1. The fraction of sp³-hybridized carbons (Fsp3) is 0.263. The molecule has 0 bridgehead atoms. The number of anilines is 1. The molecule has 0 aliphatic carbocycles. The van der Waals surface area contributed by atoms with Crippen molar-refractivity contribution in [3.8, 4) is 17.1 Å². The van der Waals surface area contributed by atoms with Gasteiger partial charge in [0, 0.05) is 30.1 Å². The van der Waals surface area contributed by atoms with E-state index in [0.717, 1.165) is 41.8 Å². The fourth-order valence-electron chi connectivity index (χ4n) is 3.18. The van der Waals surface area contributed by atoms with Gasteiger partial charge in [0.1, 0.15) is 11.6 Å². The molecule has 3 N–H and O–H groups in total. The molecule has 0 radical (unpaired) electrons. The van der Waals surface area contributed by atoms with Crippen LogP contribution < -0.4 is 10.6 Å². The van der Waals surface area contributed by atoms with Gasteiger partial charge in [-0.25, -0.2) is 9.97 Å². The standard InChI is InChI=1S/C19H20N4O/c1-12-2-7-16-17(10-12)21-18(13-3-5-15(24)6-4-13)22-19(16)23-9-8-14(20)11-23/h2-7,10,14,24H,8-9,11,20H2,1H3. The minimum Gasteiger partial charge on any atom is -0.508 e. The highest BCUT2D eigenvalue weighted by Gasteiger charge is 2.23. The first-order valence-corrected chi connectivity index (χ1v) is 8.18. The van der Waals surface area contributed by atoms with Crippen molar-refractivity contribution in [1.29, 1.82) is 0 Å². The molecule has 1 unspecified atom stereocenters. The van der Waals surface area contributed by atoms with Gasteiger partial charge < -0.3 is 15.7 Å². The average molecular weight is 320 g/mol. The zero-order valence-corrected chi connectivity index (χ0v) is 13.6. The van der Waals surface area contributed by atoms with E-state index in [4.69, 9.17) is 15.7 Å². The Balaban J connectivity index is 1.90. The van der Waals surface area contributed by atoms with Crippen LogP contribution in [0.5, 0.6) is 5.75 Å². The van der Waals surface area contributed by atoms with Crippen LogP contribution in [-0.2, 0) is 0 Å². The summed E-state index contributed by atoms with van der Waals surface area (Å²) in [6, 6.07) is 13.4. The maximum Gasteiger partial charge on any atom is 0.162 e. The number of nitrogens with two attached hydrogens (primary N) is 1. The Hall–Kier alpha value is -2.66. The first kappa shape index (κ1) is 14.9. The van der Waals surface area contributed by atoms with Crippen molar-refractivity contribution in [2.24, 2.45) is 5.73 Å². The Kier molecular flexibility index (Phi) is 3.58. The predicted molar refractivity (Wildman–Crippen MR) is 96.2 cm³/mol. The second kappa shape index (κ2) is 5.76. The number of fused-ring (bicyclic) bond motifs is 1. The maximum atomic E-state index is 9.51. The van der Waals surface area contributed by atoms with E-state index in [9.17, 15) is 5.11 Å². The van der Waals surface area contributed by atoms with Crippen molar-refractivity contribution in [2.45, 2.75) is 19.4 Å². The molecule has 0 spiro atoms. The van der Waals surface area contributed by atoms with Gasteiger partial charge in [0.05, 0.1) is 5.52 Å². The van der Waals surface area contributed by atoms with Crippen molar-refractivity contribution in [2.75, 3.05) is 18.0 Å². The summed E-state index contributed by atoms with van der Waals surface area (Å²) in [5, 5.41) is 10.6. The summed E-state index contributed by atoms with van der Waals surface area (Å²) in [5.74, 6) is 1.85. The third-order valence-corrected chi connectivity index (χ3v) is 4.48. The van der Waals surface area contributed by atoms with Crippen LogP contribution in [0.15, 0.2) is 42.5 Å². The Bertz CT molecular complexity index is 892. The van der Waals surface area contributed by atoms with E-state index in [1.807, 2.05) is 12.1 Å². The number of nitrogens with zero attached hydrogens (tertiary/aromatic N) is 3. The van der Waals surface area contributed by atoms with Crippen molar-refractivity contribution < 1.29 is 5.11 Å². The molecule has 1 saturated heterocycles. The van der Waals surface area contributed by atoms with Crippen LogP contribution in [-0.4, -0.2) is 34.2 Å². The Morgan fingerprint density at radius 3 is 2.62 bits per heavy atom. The Labute approximate surface area is 140 Å². The molecule has 1 aromatic heterocycles. The van der Waals surface area contributed by atoms with E-state index in [2.05, 4.69) is 30.0 Å². The molecule has 5 nitrogen and oxygen atoms in total. The van der Waals surface area contributed by atoms with E-state index in [-0.39, 0.29) is 11.8 Å². The highest BCUT2D eigenvalue weighted by molar-refractivity contribution is 5.91. The van der Waals surface area contributed by atoms with Crippen LogP contribution in [0.4, 0.5) is 5.82 Å². The lowest BCUT2D eigenvalue weighted by molar-refractivity contribution is 0.475. The van der Waals surface area contributed by atoms with Gasteiger partial charge in [0.2, 0.25) is 0 Å². The number of phenols is 1. The highest BCUT2D eigenvalue weighted by atomic mass is 16.3. The summed E-state index contributed by atoms with van der Waals surface area (Å²) in [5.41, 5.74) is 9.08. The monoisotopic (exact) mass is 320 g/mol. The molecule has 5 heteroatoms. The number of hydrogen-bond acceptors (Lipinski definition) is 5. The van der Waals surface area contributed by atoms with E-state index >= 15 is 0 Å². The number of phenolic OH excluding ortho intramolecular Hbond substituents is 1. The SMILES string of the molecule is Cc1ccc2c(N3CCC(N)C3)nc(-c3ccc(O)cc3)nc2c1. The van der Waals surface area contributed by atoms with Crippen LogP contribution in [0.25, 0.3) is 22.3 Å². The van der Waals surface area contributed by atoms with Gasteiger partial charge in [-0.1, -0.05) is 6.07 Å². The number of aromatic nitrogens is 2. The zero-order chi connectivity index (χ0) is 16.7. The summed E-state index contributed by atoms with van der Waals surface area (Å²) in [4.78, 5) is 11.8. The molecular weight excluding hydrogens is 300 g/mol. The largest absolute Gasteiger partial charge is 0.508 e. The second-order valence-electron chi connectivity index (χ2n) is 6.43. The van der Waals surface area contributed by atoms with E-state index in [0.29, 0.717) is 5.82 Å². The van der Waals surface area contributed by atoms with Crippen LogP contribution >= 0.6 is 0 Å². The van der Waals surface area contributed by atoms with E-state index in [1.165, 1.54) is 5.56 Å². The van der Waals surface area contributed by atoms with E-state index < -0.39 is 0 Å². The van der Waals surface area contributed by atoms with Gasteiger partial charge in [-0.3, -0.25) is 0 Å². The molecule has 2 heterocycles. The third kappa shape index (κ3) is 2.67. The Morgan fingerprint density at radius 2 is 1.92 bits per heavy atom. The first-order chi connectivity index (χ1) is 11.6. The topological polar surface area (TPSA) is 75.3 Å². The van der Waals surface area contributed by atoms with Crippen LogP contribution in [0.1, 0.15) is 12.0 Å². The third-order valence-electron chi connectivity index (χ3n) is 4.48. The second-order valence-corrected chi connectivity index (χ2v) is 6.43. The molecule has 4 rings (SSSR count). The predicted octanol–water partition coefficient (Wildman–Crippen LogP) is 2.85. The normalized spacial score (nSPS) is 17.6. The summed E-state index contributed by atoms with van der Waals surface area (Å²) < 4.78 is 0. The molecule has 3 aromatic rings. The summed E-state index contributed by atoms with van der Waals surface area (Å²) in [6.45, 7) is 3.79. The van der Waals surface area contributed by atoms with Crippen molar-refractivity contribution >= 4 is 16.7 Å². The smallest absolute Gasteiger partial charge is 0.162 e. The summed E-state index contributed by atoms with van der Waals surface area (Å²) in [7, 11) is 0. The van der Waals surface area contributed by atoms with Gasteiger partial charge in [-0.05, 0) is 55.3 Å². The van der Waals surface area contributed by atoms with Crippen LogP contribution in [0.2, 0.25) is 0 Å². The molecule has 24 heavy (non-hydrogen) atoms. The molecule has 1 fully saturated rings. The molecule has 0 saturated carbocycles. The number of aryl methyl sites for hydroxylation is 1. The van der Waals surface area contributed by atoms with Gasteiger partial charge in [-0.15, -0.1) is 0 Å². The lowest BCUT2D eigenvalue weighted by Gasteiger charge is -2.20. The number of aromatic hydroxyl groups is 1. The molecule has 0 amide bonds. The molecule has 1 aliphatic heterocycles. The van der Waals surface area contributed by atoms with Gasteiger partial charge in [0.25, 0.3) is 0 Å². The number of hydrogen-bond donors (Lipinski definition) is 2. The highest BCUT2D eigenvalue weighted by Crippen LogP contribution is 2.30. The zero-order valence-electron chi connectivity index (χ0n) is 13.6. The summed E-state index contributed by atoms with van der Waals surface area (Å²) >= 11 is 0. The van der Waals surface area contributed by atoms with Crippen LogP contribution in [0.3, 0.4) is 0 Å². The van der Waals surface area contributed by atoms with Gasteiger partial charge >= 0.3 is 0 Å². The summed E-state index contributed by atoms with van der Waals surface area (Å²) in [6.07, 6.45) is 0.978. The minimum absolute atomic E-state index is 0.192. The van der Waals surface area contributed by atoms with Crippen molar-refractivity contribution in [1.82, 2.24) is 9.97 Å². The van der Waals surface area contributed by atoms with Gasteiger partial charge in [0.15, 0.2) is 5.82 Å². The quantitative estimate of drug-likeness (QED) is 0.759. The molecule has 1 aliphatic rings. The first-order valence-electron chi connectivity index (χ1n) is 8.18. The minimum atomic E-state index is 0.192. The van der Waals surface area contributed by atoms with Gasteiger partial charge in [-0.2, -0.15) is 0 Å². The number of rotatable bonds is 2. The van der Waals surface area contributed by atoms with Crippen molar-refractivity contribution in [3.05, 3.63) is 48.0 Å². The van der Waals surface area contributed by atoms with E-state index in [1.54, 1.807) is 12.1 Å². The van der Waals surface area contributed by atoms with Crippen LogP contribution in [0, 0.1) is 6.92 Å². The molecule has 2 aromatic carbocycles. The lowest BCUT2D eigenvalue weighted by Crippen LogP contribution is -2.27. The maximum absolute atomic E-state index is 9.51. The average Bonchev–Trinajstić information content (AvgIpc) is 3.00. The number of benzene rings is 2. The Morgan fingerprint density at radius 1 is 1.12 bits per heavy atom. The van der Waals surface area contributed by atoms with Crippen molar-refractivity contribution in [3.63, 3.8) is 0 Å². The molecule has 1 atom stereocenters. The fourth-order valence-corrected chi connectivity index (χ4v) is 3.18.